The van der Waals surface area contributed by atoms with Crippen LogP contribution < -0.4 is 5.32 Å². The molecule has 110 valence electrons. The molecule has 0 aliphatic heterocycles. The third-order valence-electron chi connectivity index (χ3n) is 3.87. The molecule has 0 spiro atoms. The summed E-state index contributed by atoms with van der Waals surface area (Å²) in [5, 5.41) is 2.60. The van der Waals surface area contributed by atoms with Gasteiger partial charge in [0.1, 0.15) is 6.54 Å². The molecule has 0 bridgehead atoms. The molecule has 0 saturated heterocycles. The topological polar surface area (TPSA) is 58.6 Å². The van der Waals surface area contributed by atoms with Gasteiger partial charge in [0.25, 0.3) is 0 Å². The van der Waals surface area contributed by atoms with Gasteiger partial charge in [-0.1, -0.05) is 13.8 Å². The number of urea groups is 1. The Bertz CT molecular complexity index is 319. The van der Waals surface area contributed by atoms with E-state index in [-0.39, 0.29) is 18.6 Å². The van der Waals surface area contributed by atoms with E-state index < -0.39 is 5.97 Å². The van der Waals surface area contributed by atoms with E-state index in [1.807, 2.05) is 0 Å². The van der Waals surface area contributed by atoms with Gasteiger partial charge in [-0.25, -0.2) is 4.79 Å². The summed E-state index contributed by atoms with van der Waals surface area (Å²) >= 11 is 0. The minimum absolute atomic E-state index is 0.0603. The lowest BCUT2D eigenvalue weighted by Crippen LogP contribution is -2.47. The number of rotatable bonds is 4. The molecule has 0 radical (unpaired) electrons. The van der Waals surface area contributed by atoms with Crippen molar-refractivity contribution in [1.29, 1.82) is 0 Å². The lowest BCUT2D eigenvalue weighted by molar-refractivity contribution is -0.141. The molecule has 2 amide bonds. The first kappa shape index (κ1) is 15.8. The molecule has 0 atom stereocenters. The summed E-state index contributed by atoms with van der Waals surface area (Å²) < 4.78 is 4.77. The fraction of sp³-hybridized carbons (Fsp3) is 0.857. The second-order valence-corrected chi connectivity index (χ2v) is 5.97. The molecule has 0 unspecified atom stereocenters. The van der Waals surface area contributed by atoms with Crippen molar-refractivity contribution in [1.82, 2.24) is 10.2 Å². The molecule has 5 nitrogen and oxygen atoms in total. The minimum atomic E-state index is -0.394. The average molecular weight is 270 g/mol. The highest BCUT2D eigenvalue weighted by Crippen LogP contribution is 2.36. The molecule has 1 fully saturated rings. The molecule has 1 saturated carbocycles. The molecule has 1 aliphatic carbocycles. The van der Waals surface area contributed by atoms with E-state index in [0.29, 0.717) is 12.0 Å². The molecule has 1 N–H and O–H groups in total. The summed E-state index contributed by atoms with van der Waals surface area (Å²) in [6.07, 6.45) is 4.31. The zero-order valence-electron chi connectivity index (χ0n) is 12.5. The van der Waals surface area contributed by atoms with E-state index in [1.165, 1.54) is 0 Å². The SMILES string of the molecule is CCOC(=O)CNC(=O)N(C)C1CCC(C)(C)CC1. The third kappa shape index (κ3) is 5.09. The summed E-state index contributed by atoms with van der Waals surface area (Å²) in [6, 6.07) is 0.0768. The van der Waals surface area contributed by atoms with Gasteiger partial charge in [0.05, 0.1) is 6.61 Å². The van der Waals surface area contributed by atoms with Crippen LogP contribution in [-0.4, -0.2) is 43.1 Å². The first-order chi connectivity index (χ1) is 8.85. The van der Waals surface area contributed by atoms with Crippen molar-refractivity contribution in [3.05, 3.63) is 0 Å². The molecular weight excluding hydrogens is 244 g/mol. The highest BCUT2D eigenvalue weighted by molar-refractivity contribution is 5.80. The first-order valence-electron chi connectivity index (χ1n) is 7.02. The quantitative estimate of drug-likeness (QED) is 0.796. The molecule has 19 heavy (non-hydrogen) atoms. The van der Waals surface area contributed by atoms with Crippen molar-refractivity contribution >= 4 is 12.0 Å². The Hall–Kier alpha value is -1.26. The molecule has 0 aromatic heterocycles. The van der Waals surface area contributed by atoms with E-state index in [1.54, 1.807) is 18.9 Å². The maximum absolute atomic E-state index is 11.9. The number of ether oxygens (including phenoxy) is 1. The van der Waals surface area contributed by atoms with Gasteiger partial charge in [0.15, 0.2) is 0 Å². The summed E-state index contributed by atoms with van der Waals surface area (Å²) in [5.41, 5.74) is 0.388. The highest BCUT2D eigenvalue weighted by Gasteiger charge is 2.30. The number of nitrogens with zero attached hydrogens (tertiary/aromatic N) is 1. The van der Waals surface area contributed by atoms with Crippen LogP contribution in [0.1, 0.15) is 46.5 Å². The first-order valence-corrected chi connectivity index (χ1v) is 7.02. The molecule has 1 rings (SSSR count). The van der Waals surface area contributed by atoms with Gasteiger partial charge in [0, 0.05) is 13.1 Å². The standard InChI is InChI=1S/C14H26N2O3/c1-5-19-12(17)10-15-13(18)16(4)11-6-8-14(2,3)9-7-11/h11H,5-10H2,1-4H3,(H,15,18). The second-order valence-electron chi connectivity index (χ2n) is 5.97. The number of hydrogen-bond donors (Lipinski definition) is 1. The maximum atomic E-state index is 11.9. The van der Waals surface area contributed by atoms with Gasteiger partial charge in [-0.2, -0.15) is 0 Å². The Morgan fingerprint density at radius 1 is 1.32 bits per heavy atom. The van der Waals surface area contributed by atoms with Gasteiger partial charge < -0.3 is 15.0 Å². The average Bonchev–Trinajstić information content (AvgIpc) is 2.35. The second kappa shape index (κ2) is 6.78. The van der Waals surface area contributed by atoms with Gasteiger partial charge in [-0.05, 0) is 38.0 Å². The monoisotopic (exact) mass is 270 g/mol. The Morgan fingerprint density at radius 3 is 2.42 bits per heavy atom. The van der Waals surface area contributed by atoms with Crippen molar-refractivity contribution in [3.8, 4) is 0 Å². The number of nitrogens with one attached hydrogen (secondary N) is 1. The summed E-state index contributed by atoms with van der Waals surface area (Å²) in [7, 11) is 1.80. The Balaban J connectivity index is 2.34. The zero-order valence-corrected chi connectivity index (χ0v) is 12.5. The van der Waals surface area contributed by atoms with Crippen molar-refractivity contribution in [2.45, 2.75) is 52.5 Å². The smallest absolute Gasteiger partial charge is 0.325 e. The molecular formula is C14H26N2O3. The summed E-state index contributed by atoms with van der Waals surface area (Å²) in [6.45, 7) is 6.56. The molecule has 0 heterocycles. The number of carbonyl (C=O) groups is 2. The maximum Gasteiger partial charge on any atom is 0.325 e. The zero-order chi connectivity index (χ0) is 14.5. The van der Waals surface area contributed by atoms with Crippen molar-refractivity contribution in [3.63, 3.8) is 0 Å². The van der Waals surface area contributed by atoms with Gasteiger partial charge in [-0.15, -0.1) is 0 Å². The predicted molar refractivity (Wildman–Crippen MR) is 73.8 cm³/mol. The fourth-order valence-electron chi connectivity index (χ4n) is 2.42. The van der Waals surface area contributed by atoms with Crippen LogP contribution in [0.15, 0.2) is 0 Å². The van der Waals surface area contributed by atoms with Crippen molar-refractivity contribution in [2.24, 2.45) is 5.41 Å². The lowest BCUT2D eigenvalue weighted by atomic mass is 9.75. The van der Waals surface area contributed by atoms with Crippen LogP contribution in [0.5, 0.6) is 0 Å². The predicted octanol–water partition coefficient (Wildman–Crippen LogP) is 2.16. The van der Waals surface area contributed by atoms with Crippen LogP contribution in [0, 0.1) is 5.41 Å². The molecule has 5 heteroatoms. The van der Waals surface area contributed by atoms with Crippen LogP contribution in [0.25, 0.3) is 0 Å². The molecule has 0 aromatic rings. The van der Waals surface area contributed by atoms with Crippen LogP contribution in [0.4, 0.5) is 4.79 Å². The normalized spacial score (nSPS) is 18.7. The lowest BCUT2D eigenvalue weighted by Gasteiger charge is -2.38. The van der Waals surface area contributed by atoms with Crippen LogP contribution in [-0.2, 0) is 9.53 Å². The van der Waals surface area contributed by atoms with Gasteiger partial charge in [-0.3, -0.25) is 4.79 Å². The van der Waals surface area contributed by atoms with E-state index >= 15 is 0 Å². The highest BCUT2D eigenvalue weighted by atomic mass is 16.5. The number of esters is 1. The third-order valence-corrected chi connectivity index (χ3v) is 3.87. The minimum Gasteiger partial charge on any atom is -0.465 e. The van der Waals surface area contributed by atoms with E-state index in [0.717, 1.165) is 25.7 Å². The van der Waals surface area contributed by atoms with Crippen LogP contribution in [0.2, 0.25) is 0 Å². The summed E-state index contributed by atoms with van der Waals surface area (Å²) in [5.74, 6) is -0.394. The largest absolute Gasteiger partial charge is 0.465 e. The molecule has 1 aliphatic rings. The Kier molecular flexibility index (Phi) is 5.63. The van der Waals surface area contributed by atoms with Gasteiger partial charge >= 0.3 is 12.0 Å². The van der Waals surface area contributed by atoms with E-state index in [2.05, 4.69) is 19.2 Å². The van der Waals surface area contributed by atoms with Crippen LogP contribution in [0.3, 0.4) is 0 Å². The number of carbonyl (C=O) groups excluding carboxylic acids is 2. The number of hydrogen-bond acceptors (Lipinski definition) is 3. The summed E-state index contributed by atoms with van der Waals surface area (Å²) in [4.78, 5) is 24.8. The van der Waals surface area contributed by atoms with Crippen molar-refractivity contribution in [2.75, 3.05) is 20.2 Å². The Labute approximate surface area is 115 Å². The fourth-order valence-corrected chi connectivity index (χ4v) is 2.42. The van der Waals surface area contributed by atoms with E-state index in [9.17, 15) is 9.59 Å². The number of amides is 2. The van der Waals surface area contributed by atoms with Crippen molar-refractivity contribution < 1.29 is 14.3 Å². The van der Waals surface area contributed by atoms with Gasteiger partial charge in [0.2, 0.25) is 0 Å². The van der Waals surface area contributed by atoms with Crippen LogP contribution >= 0.6 is 0 Å². The van der Waals surface area contributed by atoms with E-state index in [4.69, 9.17) is 4.74 Å². The molecule has 0 aromatic carbocycles. The Morgan fingerprint density at radius 2 is 1.89 bits per heavy atom.